The van der Waals surface area contributed by atoms with Gasteiger partial charge in [0.05, 0.1) is 4.91 Å². The van der Waals surface area contributed by atoms with Crippen LogP contribution in [0.1, 0.15) is 11.1 Å². The van der Waals surface area contributed by atoms with E-state index in [0.717, 1.165) is 27.8 Å². The summed E-state index contributed by atoms with van der Waals surface area (Å²) in [5, 5.41) is 11.8. The van der Waals surface area contributed by atoms with E-state index in [-0.39, 0.29) is 17.2 Å². The zero-order valence-corrected chi connectivity index (χ0v) is 17.4. The van der Waals surface area contributed by atoms with Crippen molar-refractivity contribution >= 4 is 46.5 Å². The first-order chi connectivity index (χ1) is 14.4. The van der Waals surface area contributed by atoms with Gasteiger partial charge in [0.25, 0.3) is 11.1 Å². The van der Waals surface area contributed by atoms with Crippen molar-refractivity contribution in [2.24, 2.45) is 0 Å². The monoisotopic (exact) mass is 442 g/mol. The number of aromatic hydroxyl groups is 1. The molecule has 0 atom stereocenters. The summed E-state index contributed by atoms with van der Waals surface area (Å²) in [7, 11) is 0. The van der Waals surface area contributed by atoms with Gasteiger partial charge in [-0.2, -0.15) is 0 Å². The molecule has 2 N–H and O–H groups in total. The molecule has 1 saturated heterocycles. The minimum Gasteiger partial charge on any atom is -0.508 e. The van der Waals surface area contributed by atoms with Gasteiger partial charge in [0, 0.05) is 11.6 Å². The highest BCUT2D eigenvalue weighted by atomic mass is 35.5. The van der Waals surface area contributed by atoms with Crippen molar-refractivity contribution in [2.75, 3.05) is 13.1 Å². The number of halogens is 1. The predicted molar refractivity (Wildman–Crippen MR) is 118 cm³/mol. The minimum atomic E-state index is -0.543. The first-order valence-electron chi connectivity index (χ1n) is 9.14. The van der Waals surface area contributed by atoms with E-state index in [2.05, 4.69) is 5.32 Å². The van der Waals surface area contributed by atoms with Gasteiger partial charge in [-0.1, -0.05) is 54.1 Å². The summed E-state index contributed by atoms with van der Waals surface area (Å²) in [5.74, 6) is -0.796. The van der Waals surface area contributed by atoms with Crippen LogP contribution in [0.3, 0.4) is 0 Å². The number of phenolic OH excluding ortho intramolecular Hbond substituents is 1. The van der Waals surface area contributed by atoms with Crippen LogP contribution in [0.5, 0.6) is 5.75 Å². The molecule has 0 aliphatic carbocycles. The lowest BCUT2D eigenvalue weighted by Crippen LogP contribution is -2.40. The Balaban J connectivity index is 1.54. The van der Waals surface area contributed by atoms with E-state index in [0.29, 0.717) is 18.0 Å². The van der Waals surface area contributed by atoms with Gasteiger partial charge >= 0.3 is 0 Å². The molecule has 0 aromatic heterocycles. The molecular formula is C22H19ClN2O4S. The summed E-state index contributed by atoms with van der Waals surface area (Å²) in [6.07, 6.45) is 3.68. The maximum atomic E-state index is 12.5. The Morgan fingerprint density at radius 2 is 1.80 bits per heavy atom. The van der Waals surface area contributed by atoms with Gasteiger partial charge in [0.1, 0.15) is 12.3 Å². The average Bonchev–Trinajstić information content (AvgIpc) is 2.97. The summed E-state index contributed by atoms with van der Waals surface area (Å²) >= 11 is 6.95. The first kappa shape index (κ1) is 21.7. The number of carbonyl (C=O) groups is 3. The molecule has 3 amide bonds. The summed E-state index contributed by atoms with van der Waals surface area (Å²) in [6, 6.07) is 16.0. The molecule has 0 radical (unpaired) electrons. The van der Waals surface area contributed by atoms with Crippen molar-refractivity contribution in [3.8, 4) is 5.75 Å². The number of thioether (sulfide) groups is 1. The fourth-order valence-corrected chi connectivity index (χ4v) is 3.85. The van der Waals surface area contributed by atoms with E-state index in [9.17, 15) is 19.5 Å². The summed E-state index contributed by atoms with van der Waals surface area (Å²) < 4.78 is 0. The van der Waals surface area contributed by atoms with Crippen molar-refractivity contribution in [2.45, 2.75) is 6.42 Å². The molecule has 2 aromatic carbocycles. The normalized spacial score (nSPS) is 15.7. The Labute approximate surface area is 183 Å². The Kier molecular flexibility index (Phi) is 7.32. The Morgan fingerprint density at radius 3 is 2.50 bits per heavy atom. The zero-order chi connectivity index (χ0) is 21.5. The third kappa shape index (κ3) is 5.98. The maximum absolute atomic E-state index is 12.5. The van der Waals surface area contributed by atoms with Crippen LogP contribution in [-0.2, 0) is 16.0 Å². The van der Waals surface area contributed by atoms with Crippen LogP contribution in [0.25, 0.3) is 6.08 Å². The summed E-state index contributed by atoms with van der Waals surface area (Å²) in [4.78, 5) is 37.9. The van der Waals surface area contributed by atoms with Crippen LogP contribution in [0.4, 0.5) is 4.79 Å². The van der Waals surface area contributed by atoms with Crippen LogP contribution < -0.4 is 5.32 Å². The Morgan fingerprint density at radius 1 is 1.10 bits per heavy atom. The van der Waals surface area contributed by atoms with Gasteiger partial charge in [0.2, 0.25) is 5.91 Å². The fraction of sp³-hybridized carbons (Fsp3) is 0.136. The number of nitrogens with zero attached hydrogens (tertiary/aromatic N) is 1. The molecule has 2 aromatic rings. The second-order valence-corrected chi connectivity index (χ2v) is 7.90. The SMILES string of the molecule is O=C(CN1C(=O)SC(=CC(Cl)=Cc2ccccc2)C1=O)NCCc1ccc(O)cc1. The number of hydrogen-bond donors (Lipinski definition) is 2. The molecular weight excluding hydrogens is 424 g/mol. The van der Waals surface area contributed by atoms with Gasteiger partial charge in [0.15, 0.2) is 0 Å². The second kappa shape index (κ2) is 10.1. The van der Waals surface area contributed by atoms with Crippen molar-refractivity contribution in [1.29, 1.82) is 0 Å². The smallest absolute Gasteiger partial charge is 0.294 e. The Bertz CT molecular complexity index is 1000. The molecule has 0 unspecified atom stereocenters. The van der Waals surface area contributed by atoms with Gasteiger partial charge in [-0.05, 0) is 53.6 Å². The zero-order valence-electron chi connectivity index (χ0n) is 15.9. The number of benzene rings is 2. The molecule has 1 aliphatic rings. The van der Waals surface area contributed by atoms with E-state index in [1.54, 1.807) is 30.3 Å². The van der Waals surface area contributed by atoms with E-state index in [1.165, 1.54) is 6.08 Å². The third-order valence-electron chi connectivity index (χ3n) is 4.22. The minimum absolute atomic E-state index is 0.175. The molecule has 3 rings (SSSR count). The number of rotatable bonds is 7. The molecule has 30 heavy (non-hydrogen) atoms. The van der Waals surface area contributed by atoms with Gasteiger partial charge < -0.3 is 10.4 Å². The van der Waals surface area contributed by atoms with E-state index in [1.807, 2.05) is 30.3 Å². The van der Waals surface area contributed by atoms with E-state index < -0.39 is 17.1 Å². The van der Waals surface area contributed by atoms with E-state index >= 15 is 0 Å². The van der Waals surface area contributed by atoms with Gasteiger partial charge in [-0.15, -0.1) is 0 Å². The lowest BCUT2D eigenvalue weighted by molar-refractivity contribution is -0.129. The highest BCUT2D eigenvalue weighted by Crippen LogP contribution is 2.32. The van der Waals surface area contributed by atoms with Crippen molar-refractivity contribution in [1.82, 2.24) is 10.2 Å². The molecule has 1 aliphatic heterocycles. The molecule has 0 bridgehead atoms. The predicted octanol–water partition coefficient (Wildman–Crippen LogP) is 3.91. The topological polar surface area (TPSA) is 86.7 Å². The molecule has 8 heteroatoms. The van der Waals surface area contributed by atoms with Crippen LogP contribution in [0, 0.1) is 0 Å². The quantitative estimate of drug-likeness (QED) is 0.635. The number of nitrogens with one attached hydrogen (secondary N) is 1. The lowest BCUT2D eigenvalue weighted by atomic mass is 10.1. The number of phenols is 1. The molecule has 154 valence electrons. The summed E-state index contributed by atoms with van der Waals surface area (Å²) in [6.45, 7) is -0.00108. The number of allylic oxidation sites excluding steroid dienone is 2. The first-order valence-corrected chi connectivity index (χ1v) is 10.3. The average molecular weight is 443 g/mol. The van der Waals surface area contributed by atoms with Crippen LogP contribution in [0.2, 0.25) is 0 Å². The van der Waals surface area contributed by atoms with Crippen molar-refractivity contribution < 1.29 is 19.5 Å². The van der Waals surface area contributed by atoms with E-state index in [4.69, 9.17) is 11.6 Å². The largest absolute Gasteiger partial charge is 0.508 e. The fourth-order valence-electron chi connectivity index (χ4n) is 2.72. The number of hydrogen-bond acceptors (Lipinski definition) is 5. The van der Waals surface area contributed by atoms with Crippen molar-refractivity contribution in [3.63, 3.8) is 0 Å². The third-order valence-corrected chi connectivity index (χ3v) is 5.35. The van der Waals surface area contributed by atoms with Crippen molar-refractivity contribution in [3.05, 3.63) is 81.7 Å². The van der Waals surface area contributed by atoms with Crippen LogP contribution in [0.15, 0.2) is 70.6 Å². The molecule has 0 saturated carbocycles. The lowest BCUT2D eigenvalue weighted by Gasteiger charge is -2.12. The van der Waals surface area contributed by atoms with Crippen LogP contribution >= 0.6 is 23.4 Å². The highest BCUT2D eigenvalue weighted by molar-refractivity contribution is 8.18. The number of carbonyl (C=O) groups excluding carboxylic acids is 3. The van der Waals surface area contributed by atoms with Crippen LogP contribution in [-0.4, -0.2) is 40.1 Å². The maximum Gasteiger partial charge on any atom is 0.294 e. The molecule has 1 fully saturated rings. The van der Waals surface area contributed by atoms with Gasteiger partial charge in [-0.3, -0.25) is 19.3 Å². The second-order valence-electron chi connectivity index (χ2n) is 6.47. The molecule has 6 nitrogen and oxygen atoms in total. The number of imide groups is 1. The Hall–Kier alpha value is -3.03. The summed E-state index contributed by atoms with van der Waals surface area (Å²) in [5.41, 5.74) is 1.81. The number of amides is 3. The molecule has 0 spiro atoms. The highest BCUT2D eigenvalue weighted by Gasteiger charge is 2.36. The van der Waals surface area contributed by atoms with Gasteiger partial charge in [-0.25, -0.2) is 0 Å². The standard InChI is InChI=1S/C22H19ClN2O4S/c23-17(12-16-4-2-1-3-5-16)13-19-21(28)25(22(29)30-19)14-20(27)24-11-10-15-6-8-18(26)9-7-15/h1-9,12-13,26H,10-11,14H2,(H,24,27). The molecule has 1 heterocycles.